The van der Waals surface area contributed by atoms with Crippen molar-refractivity contribution >= 4 is 23.4 Å². The van der Waals surface area contributed by atoms with Crippen LogP contribution in [-0.2, 0) is 0 Å². The second-order valence-electron chi connectivity index (χ2n) is 6.45. The Kier molecular flexibility index (Phi) is 4.97. The van der Waals surface area contributed by atoms with E-state index in [1.807, 2.05) is 17.8 Å². The van der Waals surface area contributed by atoms with Crippen molar-refractivity contribution in [1.82, 2.24) is 5.32 Å². The van der Waals surface area contributed by atoms with Crippen LogP contribution in [0.4, 0.5) is 5.69 Å². The van der Waals surface area contributed by atoms with Crippen LogP contribution in [0.1, 0.15) is 49.9 Å². The van der Waals surface area contributed by atoms with Crippen molar-refractivity contribution in [3.63, 3.8) is 0 Å². The van der Waals surface area contributed by atoms with E-state index in [9.17, 15) is 4.79 Å². The Morgan fingerprint density at radius 2 is 2.18 bits per heavy atom. The first-order chi connectivity index (χ1) is 10.7. The molecule has 22 heavy (non-hydrogen) atoms. The molecule has 1 aliphatic heterocycles. The van der Waals surface area contributed by atoms with Gasteiger partial charge in [0.15, 0.2) is 0 Å². The Hall–Kier alpha value is -1.16. The van der Waals surface area contributed by atoms with Gasteiger partial charge in [-0.2, -0.15) is 0 Å². The second kappa shape index (κ2) is 6.95. The molecule has 0 saturated heterocycles. The summed E-state index contributed by atoms with van der Waals surface area (Å²) in [5.41, 5.74) is 2.03. The molecule has 1 heterocycles. The molecule has 2 aliphatic rings. The van der Waals surface area contributed by atoms with Crippen LogP contribution < -0.4 is 10.2 Å². The number of hydrogen-bond donors (Lipinski definition) is 1. The van der Waals surface area contributed by atoms with E-state index >= 15 is 0 Å². The third-order valence-corrected chi connectivity index (χ3v) is 6.03. The predicted molar refractivity (Wildman–Crippen MR) is 93.9 cm³/mol. The topological polar surface area (TPSA) is 32.3 Å². The standard InChI is InChI=1S/C18H26N2OS/c1-3-20-10-11-22-17-9-8-14(12-16(17)20)18(21)19-15-7-5-4-6-13(15)2/h8-9,12-13,15H,3-7,10-11H2,1-2H3,(H,19,21)/t13-,15-/m0/s1. The minimum atomic E-state index is 0.0909. The van der Waals surface area contributed by atoms with Crippen LogP contribution >= 0.6 is 11.8 Å². The zero-order valence-electron chi connectivity index (χ0n) is 13.6. The van der Waals surface area contributed by atoms with Crippen molar-refractivity contribution < 1.29 is 4.79 Å². The summed E-state index contributed by atoms with van der Waals surface area (Å²) < 4.78 is 0. The number of hydrogen-bond acceptors (Lipinski definition) is 3. The molecule has 120 valence electrons. The fourth-order valence-corrected chi connectivity index (χ4v) is 4.56. The smallest absolute Gasteiger partial charge is 0.251 e. The van der Waals surface area contributed by atoms with Crippen LogP contribution in [0.3, 0.4) is 0 Å². The molecule has 0 aromatic heterocycles. The third kappa shape index (κ3) is 3.27. The molecule has 3 nitrogen and oxygen atoms in total. The van der Waals surface area contributed by atoms with Gasteiger partial charge in [0, 0.05) is 35.3 Å². The van der Waals surface area contributed by atoms with Crippen LogP contribution in [0.5, 0.6) is 0 Å². The Labute approximate surface area is 137 Å². The molecule has 0 spiro atoms. The maximum atomic E-state index is 12.6. The summed E-state index contributed by atoms with van der Waals surface area (Å²) in [7, 11) is 0. The van der Waals surface area contributed by atoms with Crippen LogP contribution in [0.15, 0.2) is 23.1 Å². The van der Waals surface area contributed by atoms with Crippen molar-refractivity contribution in [3.05, 3.63) is 23.8 Å². The number of carbonyl (C=O) groups excluding carboxylic acids is 1. The fourth-order valence-electron chi connectivity index (χ4n) is 3.52. The van der Waals surface area contributed by atoms with Gasteiger partial charge in [-0.25, -0.2) is 0 Å². The summed E-state index contributed by atoms with van der Waals surface area (Å²) in [5, 5.41) is 3.26. The molecule has 1 saturated carbocycles. The van der Waals surface area contributed by atoms with E-state index in [2.05, 4.69) is 36.2 Å². The van der Waals surface area contributed by atoms with E-state index in [4.69, 9.17) is 0 Å². The molecule has 2 atom stereocenters. The number of anilines is 1. The molecule has 1 aromatic carbocycles. The molecule has 1 N–H and O–H groups in total. The predicted octanol–water partition coefficient (Wildman–Crippen LogP) is 3.93. The highest BCUT2D eigenvalue weighted by Crippen LogP contribution is 2.35. The highest BCUT2D eigenvalue weighted by atomic mass is 32.2. The number of fused-ring (bicyclic) bond motifs is 1. The molecular formula is C18H26N2OS. The minimum absolute atomic E-state index is 0.0909. The van der Waals surface area contributed by atoms with Gasteiger partial charge < -0.3 is 10.2 Å². The summed E-state index contributed by atoms with van der Waals surface area (Å²) in [4.78, 5) is 16.3. The largest absolute Gasteiger partial charge is 0.370 e. The average molecular weight is 318 g/mol. The molecular weight excluding hydrogens is 292 g/mol. The van der Waals surface area contributed by atoms with E-state index in [-0.39, 0.29) is 5.91 Å². The number of amides is 1. The van der Waals surface area contributed by atoms with E-state index < -0.39 is 0 Å². The number of nitrogens with one attached hydrogen (secondary N) is 1. The lowest BCUT2D eigenvalue weighted by Crippen LogP contribution is -2.41. The maximum Gasteiger partial charge on any atom is 0.251 e. The minimum Gasteiger partial charge on any atom is -0.370 e. The second-order valence-corrected chi connectivity index (χ2v) is 7.59. The number of carbonyl (C=O) groups is 1. The van der Waals surface area contributed by atoms with Crippen molar-refractivity contribution in [2.45, 2.75) is 50.5 Å². The van der Waals surface area contributed by atoms with Gasteiger partial charge in [0.1, 0.15) is 0 Å². The summed E-state index contributed by atoms with van der Waals surface area (Å²) in [6.07, 6.45) is 4.89. The zero-order chi connectivity index (χ0) is 15.5. The van der Waals surface area contributed by atoms with Crippen LogP contribution in [0.25, 0.3) is 0 Å². The molecule has 3 rings (SSSR count). The van der Waals surface area contributed by atoms with Gasteiger partial charge in [0.2, 0.25) is 0 Å². The summed E-state index contributed by atoms with van der Waals surface area (Å²) in [5.74, 6) is 1.82. The molecule has 4 heteroatoms. The van der Waals surface area contributed by atoms with E-state index in [1.54, 1.807) is 0 Å². The quantitative estimate of drug-likeness (QED) is 0.916. The lowest BCUT2D eigenvalue weighted by Gasteiger charge is -2.31. The highest BCUT2D eigenvalue weighted by Gasteiger charge is 2.24. The molecule has 1 aliphatic carbocycles. The molecule has 0 radical (unpaired) electrons. The number of thioether (sulfide) groups is 1. The number of rotatable bonds is 3. The van der Waals surface area contributed by atoms with Gasteiger partial charge in [0.25, 0.3) is 5.91 Å². The Balaban J connectivity index is 1.75. The first kappa shape index (κ1) is 15.7. The first-order valence-corrected chi connectivity index (χ1v) is 9.50. The lowest BCUT2D eigenvalue weighted by atomic mass is 9.86. The number of benzene rings is 1. The van der Waals surface area contributed by atoms with Gasteiger partial charge in [-0.3, -0.25) is 4.79 Å². The van der Waals surface area contributed by atoms with Crippen LogP contribution in [0.2, 0.25) is 0 Å². The molecule has 0 bridgehead atoms. The first-order valence-electron chi connectivity index (χ1n) is 8.51. The monoisotopic (exact) mass is 318 g/mol. The normalized spacial score (nSPS) is 24.7. The zero-order valence-corrected chi connectivity index (χ0v) is 14.4. The van der Waals surface area contributed by atoms with Gasteiger partial charge >= 0.3 is 0 Å². The van der Waals surface area contributed by atoms with Crippen LogP contribution in [0, 0.1) is 5.92 Å². The number of nitrogens with zero attached hydrogens (tertiary/aromatic N) is 1. The Morgan fingerprint density at radius 1 is 1.36 bits per heavy atom. The lowest BCUT2D eigenvalue weighted by molar-refractivity contribution is 0.0910. The van der Waals surface area contributed by atoms with Gasteiger partial charge in [-0.1, -0.05) is 19.8 Å². The van der Waals surface area contributed by atoms with Crippen molar-refractivity contribution in [1.29, 1.82) is 0 Å². The Morgan fingerprint density at radius 3 is 2.95 bits per heavy atom. The molecule has 1 fully saturated rings. The highest BCUT2D eigenvalue weighted by molar-refractivity contribution is 7.99. The molecule has 1 aromatic rings. The van der Waals surface area contributed by atoms with Crippen LogP contribution in [-0.4, -0.2) is 30.8 Å². The van der Waals surface area contributed by atoms with Crippen molar-refractivity contribution in [2.75, 3.05) is 23.7 Å². The van der Waals surface area contributed by atoms with Gasteiger partial charge in [0.05, 0.1) is 5.69 Å². The molecule has 1 amide bonds. The van der Waals surface area contributed by atoms with E-state index in [0.717, 1.165) is 30.8 Å². The van der Waals surface area contributed by atoms with Crippen molar-refractivity contribution in [3.8, 4) is 0 Å². The maximum absolute atomic E-state index is 12.6. The van der Waals surface area contributed by atoms with E-state index in [0.29, 0.717) is 12.0 Å². The Bertz CT molecular complexity index is 546. The van der Waals surface area contributed by atoms with Gasteiger partial charge in [-0.05, 0) is 43.9 Å². The van der Waals surface area contributed by atoms with Crippen molar-refractivity contribution in [2.24, 2.45) is 5.92 Å². The fraction of sp³-hybridized carbons (Fsp3) is 0.611. The van der Waals surface area contributed by atoms with Gasteiger partial charge in [-0.15, -0.1) is 11.8 Å². The molecule has 0 unspecified atom stereocenters. The summed E-state index contributed by atoms with van der Waals surface area (Å²) >= 11 is 1.89. The summed E-state index contributed by atoms with van der Waals surface area (Å²) in [6, 6.07) is 6.51. The third-order valence-electron chi connectivity index (χ3n) is 4.99. The average Bonchev–Trinajstić information content (AvgIpc) is 2.55. The van der Waals surface area contributed by atoms with E-state index in [1.165, 1.54) is 29.8 Å². The summed E-state index contributed by atoms with van der Waals surface area (Å²) in [6.45, 7) is 6.50. The SMILES string of the molecule is CCN1CCSc2ccc(C(=O)N[C@H]3CCCC[C@@H]3C)cc21.